The molecule has 17 heteroatoms. The molecule has 0 bridgehead atoms. The molecule has 0 fully saturated rings. The number of aliphatic carboxylic acids is 2. The number of amides is 2. The van der Waals surface area contributed by atoms with Gasteiger partial charge in [-0.05, 0) is 133 Å². The number of rotatable bonds is 24. The molecule has 0 aliphatic heterocycles. The van der Waals surface area contributed by atoms with Crippen LogP contribution in [0.1, 0.15) is 110 Å². The molecule has 2 amide bonds. The summed E-state index contributed by atoms with van der Waals surface area (Å²) in [6.07, 6.45) is -5.54. The number of halogens is 2. The SMILES string of the molecule is CC(C)c1c(C(=O)Nc2ccccc2)[14c](-c2ccccc2)c(-c2ccc(F)cc2)n1CC[C@@H](O)C[C@@H](O)CC(=O)[O-].CC(C)c1c(C(=O)Nc2ccccc2)[14c](-c2ccccc2)c(-c2ccc(F)cc2)n1CC[C@@H](O)C[C@@H](O)CC(=O)[O-].[Ca+2]. The summed E-state index contributed by atoms with van der Waals surface area (Å²) in [6, 6.07) is 49.4. The molecule has 0 aliphatic rings. The number of aliphatic hydroxyl groups is 4. The first-order chi connectivity index (χ1) is 39.3. The molecule has 2 heterocycles. The number of carboxylic acids is 2. The van der Waals surface area contributed by atoms with Crippen molar-refractivity contribution in [1.29, 1.82) is 0 Å². The number of carbonyl (C=O) groups is 4. The van der Waals surface area contributed by atoms with Gasteiger partial charge in [-0.1, -0.05) is 125 Å². The molecule has 0 radical (unpaired) electrons. The van der Waals surface area contributed by atoms with Crippen molar-refractivity contribution in [2.24, 2.45) is 0 Å². The Bertz CT molecular complexity index is 3170. The molecule has 14 nitrogen and oxygen atoms in total. The molecule has 0 unspecified atom stereocenters. The summed E-state index contributed by atoms with van der Waals surface area (Å²) in [5, 5.41) is 69.2. The van der Waals surface area contributed by atoms with E-state index in [-0.39, 0.29) is 100 Å². The van der Waals surface area contributed by atoms with Gasteiger partial charge in [0.15, 0.2) is 0 Å². The van der Waals surface area contributed by atoms with Crippen molar-refractivity contribution in [3.05, 3.63) is 204 Å². The molecule has 0 saturated carbocycles. The fourth-order valence-corrected chi connectivity index (χ4v) is 10.4. The van der Waals surface area contributed by atoms with Crippen LogP contribution >= 0.6 is 0 Å². The van der Waals surface area contributed by atoms with E-state index >= 15 is 0 Å². The van der Waals surface area contributed by atoms with Gasteiger partial charge >= 0.3 is 37.7 Å². The third-order valence-electron chi connectivity index (χ3n) is 13.8. The van der Waals surface area contributed by atoms with Gasteiger partial charge < -0.3 is 60.0 Å². The summed E-state index contributed by atoms with van der Waals surface area (Å²) >= 11 is 0. The standard InChI is InChI=1S/2C33H35FN2O5.Ca/c2*1-21(2)31-30(33(41)35-25-11-7-4-8-12-25)29(22-9-5-3-6-10-22)32(23-13-15-24(34)16-14-23)36(31)18-17-26(37)19-27(38)20-28(39)40;/h2*3-16,21,26-27,37-38H,17-20H2,1-2H3,(H,35,41)(H,39,40);/q;;+2/p-2/t2*26-,27-;/m11./s1/i2*29+2;. The van der Waals surface area contributed by atoms with Crippen molar-refractivity contribution in [3.8, 4) is 44.8 Å². The van der Waals surface area contributed by atoms with Crippen molar-refractivity contribution >= 4 is 72.9 Å². The zero-order valence-electron chi connectivity index (χ0n) is 46.9. The van der Waals surface area contributed by atoms with Gasteiger partial charge in [-0.2, -0.15) is 0 Å². The van der Waals surface area contributed by atoms with Gasteiger partial charge in [-0.15, -0.1) is 0 Å². The summed E-state index contributed by atoms with van der Waals surface area (Å²) in [7, 11) is 0. The predicted molar refractivity (Wildman–Crippen MR) is 315 cm³/mol. The molecule has 6 N–H and O–H groups in total. The number of aliphatic hydroxyl groups excluding tert-OH is 4. The van der Waals surface area contributed by atoms with Crippen LogP contribution in [-0.4, -0.2) is 115 Å². The minimum absolute atomic E-state index is 0. The van der Waals surface area contributed by atoms with Crippen molar-refractivity contribution in [2.75, 3.05) is 10.6 Å². The van der Waals surface area contributed by atoms with Crippen molar-refractivity contribution < 1.29 is 58.6 Å². The maximum Gasteiger partial charge on any atom is 2.00 e. The Kier molecular flexibility index (Phi) is 24.1. The summed E-state index contributed by atoms with van der Waals surface area (Å²) in [6.45, 7) is 8.45. The number of carbonyl (C=O) groups excluding carboxylic acids is 4. The van der Waals surface area contributed by atoms with Crippen LogP contribution in [0.2, 0.25) is 0 Å². The second kappa shape index (κ2) is 30.9. The second-order valence-corrected chi connectivity index (χ2v) is 20.8. The zero-order valence-corrected chi connectivity index (χ0v) is 49.1. The number of benzene rings is 6. The third kappa shape index (κ3) is 17.4. The maximum absolute atomic E-state index is 14.0. The van der Waals surface area contributed by atoms with E-state index in [1.165, 1.54) is 24.3 Å². The van der Waals surface area contributed by atoms with E-state index in [1.54, 1.807) is 48.5 Å². The zero-order chi connectivity index (χ0) is 59.0. The quantitative estimate of drug-likeness (QED) is 0.0314. The van der Waals surface area contributed by atoms with Crippen molar-refractivity contribution in [2.45, 2.75) is 116 Å². The minimum Gasteiger partial charge on any atom is -0.550 e. The monoisotopic (exact) mass is 1160 g/mol. The Hall–Kier alpha value is -7.28. The number of hydrogen-bond donors (Lipinski definition) is 6. The Balaban J connectivity index is 0.000000263. The predicted octanol–water partition coefficient (Wildman–Crippen LogP) is 9.58. The average molecular weight is 1160 g/mol. The maximum atomic E-state index is 14.0. The molecule has 0 aliphatic carbocycles. The van der Waals surface area contributed by atoms with Crippen LogP contribution in [0, 0.1) is 11.6 Å². The van der Waals surface area contributed by atoms with Crippen LogP contribution in [0.5, 0.6) is 0 Å². The van der Waals surface area contributed by atoms with Crippen LogP contribution in [0.25, 0.3) is 44.8 Å². The van der Waals surface area contributed by atoms with Crippen LogP contribution in [0.4, 0.5) is 20.2 Å². The number of carboxylic acid groups (broad SMARTS) is 2. The average Bonchev–Trinajstić information content (AvgIpc) is 3.14. The van der Waals surface area contributed by atoms with Crippen LogP contribution in [-0.2, 0) is 22.7 Å². The van der Waals surface area contributed by atoms with Gasteiger partial charge in [0, 0.05) is 71.8 Å². The molecule has 0 spiro atoms. The normalized spacial score (nSPS) is 12.6. The molecule has 8 rings (SSSR count). The summed E-state index contributed by atoms with van der Waals surface area (Å²) < 4.78 is 32.0. The molecule has 2 aromatic heterocycles. The fraction of sp³-hybridized carbons (Fsp3) is 0.273. The van der Waals surface area contributed by atoms with Gasteiger partial charge in [-0.3, -0.25) is 9.59 Å². The van der Waals surface area contributed by atoms with E-state index in [0.29, 0.717) is 56.1 Å². The summed E-state index contributed by atoms with van der Waals surface area (Å²) in [5.41, 5.74) is 9.43. The third-order valence-corrected chi connectivity index (χ3v) is 13.8. The molecule has 0 saturated heterocycles. The molecule has 83 heavy (non-hydrogen) atoms. The number of nitrogens with one attached hydrogen (secondary N) is 2. The number of nitrogens with zero attached hydrogens (tertiary/aromatic N) is 2. The molecular weight excluding hydrogens is 1090 g/mol. The van der Waals surface area contributed by atoms with E-state index < -0.39 is 60.8 Å². The number of para-hydroxylation sites is 2. The van der Waals surface area contributed by atoms with Gasteiger partial charge in [0.05, 0.1) is 46.9 Å². The van der Waals surface area contributed by atoms with E-state index in [9.17, 15) is 58.6 Å². The summed E-state index contributed by atoms with van der Waals surface area (Å²) in [4.78, 5) is 49.8. The number of hydrogen-bond acceptors (Lipinski definition) is 10. The molecule has 6 aromatic carbocycles. The Morgan fingerprint density at radius 2 is 0.771 bits per heavy atom. The Labute approximate surface area is 512 Å². The van der Waals surface area contributed by atoms with Crippen molar-refractivity contribution in [1.82, 2.24) is 9.13 Å². The van der Waals surface area contributed by atoms with E-state index in [2.05, 4.69) is 10.6 Å². The van der Waals surface area contributed by atoms with Crippen molar-refractivity contribution in [3.63, 3.8) is 0 Å². The van der Waals surface area contributed by atoms with Gasteiger partial charge in [0.1, 0.15) is 11.6 Å². The van der Waals surface area contributed by atoms with Gasteiger partial charge in [0.25, 0.3) is 11.8 Å². The molecular formula is C66H68CaF2N4O10. The van der Waals surface area contributed by atoms with E-state index in [1.807, 2.05) is 134 Å². The first-order valence-electron chi connectivity index (χ1n) is 27.3. The first-order valence-corrected chi connectivity index (χ1v) is 27.3. The Morgan fingerprint density at radius 3 is 1.06 bits per heavy atom. The summed E-state index contributed by atoms with van der Waals surface area (Å²) in [5.74, 6) is -4.41. The van der Waals surface area contributed by atoms with Crippen LogP contribution < -0.4 is 20.8 Å². The number of anilines is 2. The smallest absolute Gasteiger partial charge is 0.550 e. The minimum atomic E-state index is -1.39. The van der Waals surface area contributed by atoms with Crippen LogP contribution in [0.15, 0.2) is 170 Å². The van der Waals surface area contributed by atoms with E-state index in [4.69, 9.17) is 0 Å². The van der Waals surface area contributed by atoms with E-state index in [0.717, 1.165) is 22.5 Å². The largest absolute Gasteiger partial charge is 2.00 e. The Morgan fingerprint density at radius 1 is 0.470 bits per heavy atom. The van der Waals surface area contributed by atoms with Crippen LogP contribution in [0.3, 0.4) is 0 Å². The van der Waals surface area contributed by atoms with Gasteiger partial charge in [0.2, 0.25) is 0 Å². The first kappa shape index (κ1) is 64.9. The molecule has 8 aromatic rings. The number of aromatic nitrogens is 2. The fourth-order valence-electron chi connectivity index (χ4n) is 10.4. The molecule has 4 atom stereocenters. The second-order valence-electron chi connectivity index (χ2n) is 20.8. The topological polar surface area (TPSA) is 229 Å². The van der Waals surface area contributed by atoms with Gasteiger partial charge in [-0.25, -0.2) is 8.78 Å². The molecule has 428 valence electrons.